The fourth-order valence-electron chi connectivity index (χ4n) is 1.40. The van der Waals surface area contributed by atoms with Crippen molar-refractivity contribution in [3.05, 3.63) is 41.6 Å². The number of halogens is 1. The molecule has 2 N–H and O–H groups in total. The van der Waals surface area contributed by atoms with Gasteiger partial charge >= 0.3 is 0 Å². The first kappa shape index (κ1) is 13.1. The van der Waals surface area contributed by atoms with E-state index in [-0.39, 0.29) is 4.90 Å². The summed E-state index contributed by atoms with van der Waals surface area (Å²) in [5.41, 5.74) is 1.77. The number of anilines is 1. The van der Waals surface area contributed by atoms with Gasteiger partial charge in [-0.15, -0.1) is 0 Å². The van der Waals surface area contributed by atoms with Gasteiger partial charge in [-0.05, 0) is 24.6 Å². The lowest BCUT2D eigenvalue weighted by atomic mass is 10.2. The van der Waals surface area contributed by atoms with Crippen molar-refractivity contribution in [1.29, 1.82) is 0 Å². The minimum absolute atomic E-state index is 0.223. The van der Waals surface area contributed by atoms with Crippen LogP contribution in [0.5, 0.6) is 0 Å². The molecule has 0 aliphatic heterocycles. The third-order valence-electron chi connectivity index (χ3n) is 2.45. The van der Waals surface area contributed by atoms with Crippen LogP contribution in [0.4, 0.5) is 5.82 Å². The van der Waals surface area contributed by atoms with Gasteiger partial charge in [-0.3, -0.25) is 9.82 Å². The summed E-state index contributed by atoms with van der Waals surface area (Å²) in [6.45, 7) is 1.77. The molecule has 0 saturated carbocycles. The zero-order valence-electron chi connectivity index (χ0n) is 9.64. The van der Waals surface area contributed by atoms with E-state index in [0.29, 0.717) is 11.1 Å². The number of aromatic amines is 1. The van der Waals surface area contributed by atoms with Gasteiger partial charge in [0.2, 0.25) is 0 Å². The Morgan fingerprint density at radius 2 is 2.00 bits per heavy atom. The predicted octanol–water partition coefficient (Wildman–Crippen LogP) is 2.41. The number of nitrogens with zero attached hydrogens (tertiary/aromatic N) is 1. The van der Waals surface area contributed by atoms with Crippen LogP contribution < -0.4 is 4.72 Å². The smallest absolute Gasteiger partial charge is 0.263 e. The van der Waals surface area contributed by atoms with Gasteiger partial charge in [0.05, 0.1) is 11.1 Å². The van der Waals surface area contributed by atoms with Gasteiger partial charge in [0.15, 0.2) is 0 Å². The number of hydrogen-bond donors (Lipinski definition) is 2. The third kappa shape index (κ3) is 2.73. The Kier molecular flexibility index (Phi) is 3.72. The first-order chi connectivity index (χ1) is 8.53. The normalized spacial score (nSPS) is 11.4. The van der Waals surface area contributed by atoms with Crippen LogP contribution in [0.3, 0.4) is 0 Å². The Morgan fingerprint density at radius 3 is 2.50 bits per heavy atom. The molecule has 7 heteroatoms. The monoisotopic (exact) mass is 329 g/mol. The molecule has 5 nitrogen and oxygen atoms in total. The summed E-state index contributed by atoms with van der Waals surface area (Å²) in [6.07, 6.45) is 1.56. The molecule has 0 radical (unpaired) electrons. The zero-order valence-corrected chi connectivity index (χ0v) is 12.0. The quantitative estimate of drug-likeness (QED) is 0.846. The first-order valence-electron chi connectivity index (χ1n) is 5.20. The van der Waals surface area contributed by atoms with Crippen molar-refractivity contribution in [2.75, 3.05) is 4.72 Å². The summed E-state index contributed by atoms with van der Waals surface area (Å²) in [4.78, 5) is 0.223. The average molecular weight is 330 g/mol. The molecule has 1 aromatic heterocycles. The van der Waals surface area contributed by atoms with Crippen molar-refractivity contribution >= 4 is 31.8 Å². The van der Waals surface area contributed by atoms with Crippen molar-refractivity contribution < 1.29 is 8.42 Å². The molecule has 96 valence electrons. The molecule has 18 heavy (non-hydrogen) atoms. The Hall–Kier alpha value is -1.34. The van der Waals surface area contributed by atoms with Crippen LogP contribution in [0.1, 0.15) is 11.1 Å². The molecule has 0 fully saturated rings. The van der Waals surface area contributed by atoms with Crippen molar-refractivity contribution in [2.24, 2.45) is 0 Å². The summed E-state index contributed by atoms with van der Waals surface area (Å²) in [5, 5.41) is 7.07. The molecule has 0 aliphatic carbocycles. The second-order valence-electron chi connectivity index (χ2n) is 3.81. The first-order valence-corrected chi connectivity index (χ1v) is 7.81. The maximum atomic E-state index is 12.1. The van der Waals surface area contributed by atoms with Gasteiger partial charge in [-0.2, -0.15) is 5.10 Å². The fourth-order valence-corrected chi connectivity index (χ4v) is 2.86. The number of hydrogen-bond acceptors (Lipinski definition) is 3. The molecule has 0 amide bonds. The summed E-state index contributed by atoms with van der Waals surface area (Å²) in [5.74, 6) is 0.388. The van der Waals surface area contributed by atoms with Gasteiger partial charge in [-0.1, -0.05) is 28.1 Å². The minimum atomic E-state index is -3.57. The van der Waals surface area contributed by atoms with Gasteiger partial charge in [0.25, 0.3) is 10.0 Å². The number of aromatic nitrogens is 2. The van der Waals surface area contributed by atoms with Crippen LogP contribution in [0.2, 0.25) is 0 Å². The molecule has 0 saturated heterocycles. The second-order valence-corrected chi connectivity index (χ2v) is 6.05. The van der Waals surface area contributed by atoms with E-state index in [1.165, 1.54) is 0 Å². The van der Waals surface area contributed by atoms with E-state index in [1.54, 1.807) is 37.4 Å². The third-order valence-corrected chi connectivity index (χ3v) is 4.47. The standard InChI is InChI=1S/C11H12BrN3O2S/c1-8-7-13-14-11(8)15-18(16,17)10-4-2-9(6-12)3-5-10/h2-5,7H,6H2,1H3,(H2,13,14,15). The number of alkyl halides is 1. The molecule has 0 bridgehead atoms. The molecule has 1 heterocycles. The van der Waals surface area contributed by atoms with Crippen LogP contribution in [-0.2, 0) is 15.4 Å². The second kappa shape index (κ2) is 5.11. The maximum absolute atomic E-state index is 12.1. The van der Waals surface area contributed by atoms with E-state index in [2.05, 4.69) is 30.8 Å². The van der Waals surface area contributed by atoms with Gasteiger partial charge in [0, 0.05) is 10.9 Å². The van der Waals surface area contributed by atoms with Gasteiger partial charge in [-0.25, -0.2) is 8.42 Å². The van der Waals surface area contributed by atoms with Crippen LogP contribution in [0.25, 0.3) is 0 Å². The lowest BCUT2D eigenvalue weighted by molar-refractivity contribution is 0.601. The number of benzene rings is 1. The Morgan fingerprint density at radius 1 is 1.33 bits per heavy atom. The lowest BCUT2D eigenvalue weighted by Gasteiger charge is -2.07. The van der Waals surface area contributed by atoms with E-state index in [4.69, 9.17) is 0 Å². The van der Waals surface area contributed by atoms with Crippen LogP contribution in [-0.4, -0.2) is 18.6 Å². The highest BCUT2D eigenvalue weighted by Crippen LogP contribution is 2.17. The summed E-state index contributed by atoms with van der Waals surface area (Å²) < 4.78 is 26.6. The van der Waals surface area contributed by atoms with E-state index in [0.717, 1.165) is 11.1 Å². The number of H-pyrrole nitrogens is 1. The van der Waals surface area contributed by atoms with E-state index in [1.807, 2.05) is 0 Å². The average Bonchev–Trinajstić information content (AvgIpc) is 2.74. The Labute approximate surface area is 114 Å². The van der Waals surface area contributed by atoms with Crippen LogP contribution >= 0.6 is 15.9 Å². The maximum Gasteiger partial charge on any atom is 0.263 e. The van der Waals surface area contributed by atoms with Crippen molar-refractivity contribution in [1.82, 2.24) is 10.2 Å². The molecule has 2 aromatic rings. The van der Waals surface area contributed by atoms with Crippen LogP contribution in [0.15, 0.2) is 35.4 Å². The van der Waals surface area contributed by atoms with E-state index < -0.39 is 10.0 Å². The van der Waals surface area contributed by atoms with Crippen molar-refractivity contribution in [3.8, 4) is 0 Å². The predicted molar refractivity (Wildman–Crippen MR) is 73.2 cm³/mol. The highest BCUT2D eigenvalue weighted by molar-refractivity contribution is 9.08. The molecule has 2 rings (SSSR count). The zero-order chi connectivity index (χ0) is 13.2. The van der Waals surface area contributed by atoms with Gasteiger partial charge in [0.1, 0.15) is 5.82 Å². The lowest BCUT2D eigenvalue weighted by Crippen LogP contribution is -2.13. The molecule has 1 aromatic carbocycles. The largest absolute Gasteiger partial charge is 0.264 e. The summed E-state index contributed by atoms with van der Waals surface area (Å²) in [7, 11) is -3.57. The summed E-state index contributed by atoms with van der Waals surface area (Å²) >= 11 is 3.31. The topological polar surface area (TPSA) is 74.8 Å². The summed E-state index contributed by atoms with van der Waals surface area (Å²) in [6, 6.07) is 6.68. The highest BCUT2D eigenvalue weighted by atomic mass is 79.9. The Balaban J connectivity index is 2.28. The molecule has 0 spiro atoms. The van der Waals surface area contributed by atoms with Crippen molar-refractivity contribution in [2.45, 2.75) is 17.1 Å². The highest BCUT2D eigenvalue weighted by Gasteiger charge is 2.15. The SMILES string of the molecule is Cc1cn[nH]c1NS(=O)(=O)c1ccc(CBr)cc1. The van der Waals surface area contributed by atoms with Gasteiger partial charge < -0.3 is 0 Å². The molecular formula is C11H12BrN3O2S. The van der Waals surface area contributed by atoms with Crippen LogP contribution in [0, 0.1) is 6.92 Å². The number of aryl methyl sites for hydroxylation is 1. The van der Waals surface area contributed by atoms with Crippen molar-refractivity contribution in [3.63, 3.8) is 0 Å². The molecule has 0 atom stereocenters. The number of sulfonamides is 1. The number of rotatable bonds is 4. The fraction of sp³-hybridized carbons (Fsp3) is 0.182. The molecular weight excluding hydrogens is 318 g/mol. The van der Waals surface area contributed by atoms with E-state index >= 15 is 0 Å². The minimum Gasteiger partial charge on any atom is -0.264 e. The number of nitrogens with one attached hydrogen (secondary N) is 2. The molecule has 0 aliphatic rings. The molecule has 0 unspecified atom stereocenters. The van der Waals surface area contributed by atoms with E-state index in [9.17, 15) is 8.42 Å². The Bertz CT molecular complexity index is 635.